The van der Waals surface area contributed by atoms with Crippen LogP contribution >= 0.6 is 11.6 Å². The number of hydrogen-bond acceptors (Lipinski definition) is 3. The Morgan fingerprint density at radius 2 is 2.00 bits per heavy atom. The summed E-state index contributed by atoms with van der Waals surface area (Å²) < 4.78 is 2.28. The average molecular weight is 425 g/mol. The Hall–Kier alpha value is -2.37. The predicted molar refractivity (Wildman–Crippen MR) is 122 cm³/mol. The van der Waals surface area contributed by atoms with Crippen LogP contribution in [0.15, 0.2) is 48.5 Å². The Morgan fingerprint density at radius 3 is 2.80 bits per heavy atom. The summed E-state index contributed by atoms with van der Waals surface area (Å²) in [5.74, 6) is 1.29. The van der Waals surface area contributed by atoms with Gasteiger partial charge in [0.1, 0.15) is 5.82 Å². The number of likely N-dealkylation sites (tertiary alicyclic amines) is 1. The third-order valence-electron chi connectivity index (χ3n) is 5.92. The van der Waals surface area contributed by atoms with Crippen LogP contribution in [-0.2, 0) is 24.3 Å². The molecular weight excluding hydrogens is 396 g/mol. The number of carbonyl (C=O) groups excluding carboxylic acids is 1. The molecule has 4 rings (SSSR count). The summed E-state index contributed by atoms with van der Waals surface area (Å²) in [4.78, 5) is 19.9. The molecule has 0 spiro atoms. The molecular formula is C24H29ClN4O. The van der Waals surface area contributed by atoms with Gasteiger partial charge in [0.15, 0.2) is 0 Å². The number of piperidine rings is 1. The standard InChI is InChI=1S/C24H29ClN4O/c1-2-29-22-8-4-3-7-21(22)27-23(29)17-28-15-5-6-19(16-28)24(30)26-14-13-18-9-11-20(25)12-10-18/h3-4,7-12,19H,2,5-6,13-17H2,1H3,(H,26,30)/t19-/m1/s1. The molecule has 0 bridgehead atoms. The molecule has 0 unspecified atom stereocenters. The number of fused-ring (bicyclic) bond motifs is 1. The number of aromatic nitrogens is 2. The number of imidazole rings is 1. The fourth-order valence-corrected chi connectivity index (χ4v) is 4.46. The van der Waals surface area contributed by atoms with Gasteiger partial charge in [-0.05, 0) is 62.6 Å². The first kappa shape index (κ1) is 20.9. The van der Waals surface area contributed by atoms with Gasteiger partial charge in [-0.1, -0.05) is 35.9 Å². The average Bonchev–Trinajstić information content (AvgIpc) is 3.12. The van der Waals surface area contributed by atoms with Crippen LogP contribution in [-0.4, -0.2) is 40.0 Å². The summed E-state index contributed by atoms with van der Waals surface area (Å²) in [6.45, 7) is 6.31. The number of carbonyl (C=O) groups is 1. The zero-order chi connectivity index (χ0) is 20.9. The Balaban J connectivity index is 1.33. The molecule has 1 aromatic heterocycles. The molecule has 0 radical (unpaired) electrons. The molecule has 2 heterocycles. The van der Waals surface area contributed by atoms with Gasteiger partial charge in [0.05, 0.1) is 23.5 Å². The van der Waals surface area contributed by atoms with Crippen molar-refractivity contribution >= 4 is 28.5 Å². The number of benzene rings is 2. The second kappa shape index (κ2) is 9.63. The van der Waals surface area contributed by atoms with Gasteiger partial charge in [-0.25, -0.2) is 4.98 Å². The van der Waals surface area contributed by atoms with Crippen LogP contribution in [0.2, 0.25) is 5.02 Å². The lowest BCUT2D eigenvalue weighted by Crippen LogP contribution is -2.43. The molecule has 1 N–H and O–H groups in total. The van der Waals surface area contributed by atoms with Crippen LogP contribution in [0.5, 0.6) is 0 Å². The van der Waals surface area contributed by atoms with Gasteiger partial charge in [0.25, 0.3) is 0 Å². The third-order valence-corrected chi connectivity index (χ3v) is 6.17. The van der Waals surface area contributed by atoms with Crippen LogP contribution in [0, 0.1) is 5.92 Å². The van der Waals surface area contributed by atoms with Gasteiger partial charge in [-0.15, -0.1) is 0 Å². The van der Waals surface area contributed by atoms with Crippen molar-refractivity contribution in [3.8, 4) is 0 Å². The second-order valence-electron chi connectivity index (χ2n) is 8.00. The Kier molecular flexibility index (Phi) is 6.70. The normalized spacial score (nSPS) is 17.3. The molecule has 0 aliphatic carbocycles. The van der Waals surface area contributed by atoms with Crippen molar-refractivity contribution < 1.29 is 4.79 Å². The van der Waals surface area contributed by atoms with E-state index in [0.717, 1.165) is 61.8 Å². The van der Waals surface area contributed by atoms with E-state index in [2.05, 4.69) is 39.9 Å². The highest BCUT2D eigenvalue weighted by atomic mass is 35.5. The molecule has 6 heteroatoms. The molecule has 1 fully saturated rings. The summed E-state index contributed by atoms with van der Waals surface area (Å²) in [7, 11) is 0. The molecule has 1 amide bonds. The number of amides is 1. The fraction of sp³-hybridized carbons (Fsp3) is 0.417. The highest BCUT2D eigenvalue weighted by Crippen LogP contribution is 2.21. The van der Waals surface area contributed by atoms with Crippen LogP contribution in [0.25, 0.3) is 11.0 Å². The first-order valence-electron chi connectivity index (χ1n) is 10.8. The minimum absolute atomic E-state index is 0.0448. The highest BCUT2D eigenvalue weighted by molar-refractivity contribution is 6.30. The van der Waals surface area contributed by atoms with Crippen molar-refractivity contribution in [3.63, 3.8) is 0 Å². The first-order valence-corrected chi connectivity index (χ1v) is 11.2. The van der Waals surface area contributed by atoms with E-state index in [1.165, 1.54) is 11.1 Å². The number of aryl methyl sites for hydroxylation is 1. The lowest BCUT2D eigenvalue weighted by atomic mass is 9.97. The Labute approximate surface area is 183 Å². The smallest absolute Gasteiger partial charge is 0.224 e. The van der Waals surface area contributed by atoms with Crippen LogP contribution in [0.4, 0.5) is 0 Å². The molecule has 1 aliphatic rings. The molecule has 1 saturated heterocycles. The highest BCUT2D eigenvalue weighted by Gasteiger charge is 2.26. The van der Waals surface area contributed by atoms with Gasteiger partial charge < -0.3 is 9.88 Å². The molecule has 1 atom stereocenters. The lowest BCUT2D eigenvalue weighted by Gasteiger charge is -2.31. The van der Waals surface area contributed by atoms with E-state index in [4.69, 9.17) is 16.6 Å². The van der Waals surface area contributed by atoms with E-state index in [1.807, 2.05) is 30.3 Å². The molecule has 158 valence electrons. The van der Waals surface area contributed by atoms with Crippen molar-refractivity contribution in [2.45, 2.75) is 39.3 Å². The molecule has 3 aromatic rings. The van der Waals surface area contributed by atoms with E-state index in [1.54, 1.807) is 0 Å². The fourth-order valence-electron chi connectivity index (χ4n) is 4.34. The summed E-state index contributed by atoms with van der Waals surface area (Å²) in [6.07, 6.45) is 2.81. The maximum atomic E-state index is 12.7. The van der Waals surface area contributed by atoms with Crippen molar-refractivity contribution in [2.24, 2.45) is 5.92 Å². The summed E-state index contributed by atoms with van der Waals surface area (Å²) >= 11 is 5.93. The van der Waals surface area contributed by atoms with Crippen LogP contribution in [0.1, 0.15) is 31.2 Å². The summed E-state index contributed by atoms with van der Waals surface area (Å²) in [5.41, 5.74) is 3.41. The number of halogens is 1. The van der Waals surface area contributed by atoms with E-state index in [-0.39, 0.29) is 11.8 Å². The monoisotopic (exact) mass is 424 g/mol. The molecule has 2 aromatic carbocycles. The van der Waals surface area contributed by atoms with Gasteiger partial charge in [0.2, 0.25) is 5.91 Å². The molecule has 0 saturated carbocycles. The zero-order valence-electron chi connectivity index (χ0n) is 17.5. The minimum Gasteiger partial charge on any atom is -0.355 e. The largest absolute Gasteiger partial charge is 0.355 e. The van der Waals surface area contributed by atoms with E-state index in [9.17, 15) is 4.79 Å². The second-order valence-corrected chi connectivity index (χ2v) is 8.44. The number of rotatable bonds is 7. The van der Waals surface area contributed by atoms with Crippen molar-refractivity contribution in [1.82, 2.24) is 19.8 Å². The van der Waals surface area contributed by atoms with Gasteiger partial charge >= 0.3 is 0 Å². The minimum atomic E-state index is 0.0448. The van der Waals surface area contributed by atoms with Crippen LogP contribution in [0.3, 0.4) is 0 Å². The Morgan fingerprint density at radius 1 is 1.20 bits per heavy atom. The zero-order valence-corrected chi connectivity index (χ0v) is 18.2. The van der Waals surface area contributed by atoms with E-state index in [0.29, 0.717) is 6.54 Å². The maximum Gasteiger partial charge on any atom is 0.224 e. The molecule has 30 heavy (non-hydrogen) atoms. The molecule has 1 aliphatic heterocycles. The number of para-hydroxylation sites is 2. The quantitative estimate of drug-likeness (QED) is 0.615. The van der Waals surface area contributed by atoms with Crippen molar-refractivity contribution in [2.75, 3.05) is 19.6 Å². The number of hydrogen-bond donors (Lipinski definition) is 1. The van der Waals surface area contributed by atoms with Gasteiger partial charge in [-0.3, -0.25) is 9.69 Å². The van der Waals surface area contributed by atoms with Crippen molar-refractivity contribution in [3.05, 3.63) is 64.9 Å². The SMILES string of the molecule is CCn1c(CN2CCC[C@@H](C(=O)NCCc3ccc(Cl)cc3)C2)nc2ccccc21. The van der Waals surface area contributed by atoms with Crippen molar-refractivity contribution in [1.29, 1.82) is 0 Å². The van der Waals surface area contributed by atoms with Gasteiger partial charge in [0, 0.05) is 24.7 Å². The molecule has 5 nitrogen and oxygen atoms in total. The maximum absolute atomic E-state index is 12.7. The lowest BCUT2D eigenvalue weighted by molar-refractivity contribution is -0.126. The van der Waals surface area contributed by atoms with E-state index < -0.39 is 0 Å². The number of nitrogens with zero attached hydrogens (tertiary/aromatic N) is 3. The summed E-state index contributed by atoms with van der Waals surface area (Å²) in [6, 6.07) is 16.1. The van der Waals surface area contributed by atoms with Crippen LogP contribution < -0.4 is 5.32 Å². The van der Waals surface area contributed by atoms with Gasteiger partial charge in [-0.2, -0.15) is 0 Å². The number of nitrogens with one attached hydrogen (secondary N) is 1. The third kappa shape index (κ3) is 4.85. The topological polar surface area (TPSA) is 50.2 Å². The predicted octanol–water partition coefficient (Wildman–Crippen LogP) is 4.28. The Bertz CT molecular complexity index is 998. The van der Waals surface area contributed by atoms with E-state index >= 15 is 0 Å². The summed E-state index contributed by atoms with van der Waals surface area (Å²) in [5, 5.41) is 3.86. The first-order chi connectivity index (χ1) is 14.6.